The van der Waals surface area contributed by atoms with E-state index < -0.39 is 0 Å². The maximum absolute atomic E-state index is 3.60. The zero-order valence-corrected chi connectivity index (χ0v) is 11.3. The molecule has 0 nitrogen and oxygen atoms in total. The summed E-state index contributed by atoms with van der Waals surface area (Å²) >= 11 is 3.60. The second kappa shape index (κ2) is 3.02. The molecule has 2 aromatic rings. The van der Waals surface area contributed by atoms with Gasteiger partial charge >= 0.3 is 0 Å². The Balaban J connectivity index is 2.09. The fourth-order valence-electron chi connectivity index (χ4n) is 3.24. The first-order chi connectivity index (χ1) is 8.21. The quantitative estimate of drug-likeness (QED) is 0.651. The molecule has 17 heavy (non-hydrogen) atoms. The number of halogens is 1. The van der Waals surface area contributed by atoms with Gasteiger partial charge in [-0.25, -0.2) is 0 Å². The zero-order chi connectivity index (χ0) is 11.6. The Morgan fingerprint density at radius 1 is 0.941 bits per heavy atom. The van der Waals surface area contributed by atoms with Crippen molar-refractivity contribution in [2.24, 2.45) is 0 Å². The van der Waals surface area contributed by atoms with Gasteiger partial charge < -0.3 is 0 Å². The van der Waals surface area contributed by atoms with Crippen molar-refractivity contribution in [3.8, 4) is 11.1 Å². The minimum atomic E-state index is 0.362. The molecule has 0 radical (unpaired) electrons. The summed E-state index contributed by atoms with van der Waals surface area (Å²) in [6.07, 6.45) is 2.62. The van der Waals surface area contributed by atoms with E-state index >= 15 is 0 Å². The lowest BCUT2D eigenvalue weighted by Crippen LogP contribution is -2.03. The second-order valence-corrected chi connectivity index (χ2v) is 6.24. The Kier molecular flexibility index (Phi) is 1.76. The highest BCUT2D eigenvalue weighted by molar-refractivity contribution is 9.10. The van der Waals surface area contributed by atoms with Crippen LogP contribution in [0.2, 0.25) is 0 Å². The van der Waals surface area contributed by atoms with Crippen molar-refractivity contribution in [1.82, 2.24) is 0 Å². The molecule has 1 heteroatoms. The van der Waals surface area contributed by atoms with Gasteiger partial charge in [-0.1, -0.05) is 45.8 Å². The average Bonchev–Trinajstić information content (AvgIpc) is 3.06. The summed E-state index contributed by atoms with van der Waals surface area (Å²) in [4.78, 5) is 0. The Morgan fingerprint density at radius 2 is 1.59 bits per heavy atom. The number of hydrogen-bond donors (Lipinski definition) is 0. The Bertz CT molecular complexity index is 582. The van der Waals surface area contributed by atoms with E-state index in [9.17, 15) is 0 Å². The summed E-state index contributed by atoms with van der Waals surface area (Å²) in [6.45, 7) is 2.19. The van der Waals surface area contributed by atoms with Crippen LogP contribution in [0.25, 0.3) is 11.1 Å². The van der Waals surface area contributed by atoms with Crippen molar-refractivity contribution in [3.05, 3.63) is 57.6 Å². The van der Waals surface area contributed by atoms with E-state index in [-0.39, 0.29) is 0 Å². The third kappa shape index (κ3) is 1.18. The number of benzene rings is 2. The van der Waals surface area contributed by atoms with Gasteiger partial charge in [0, 0.05) is 9.89 Å². The molecule has 2 aliphatic rings. The summed E-state index contributed by atoms with van der Waals surface area (Å²) in [7, 11) is 0. The molecule has 0 N–H and O–H groups in total. The first-order valence-electron chi connectivity index (χ1n) is 6.12. The minimum absolute atomic E-state index is 0.362. The third-order valence-electron chi connectivity index (χ3n) is 4.23. The van der Waals surface area contributed by atoms with Crippen LogP contribution in [0.1, 0.15) is 29.5 Å². The molecule has 0 aromatic heterocycles. The van der Waals surface area contributed by atoms with E-state index in [2.05, 4.69) is 59.3 Å². The van der Waals surface area contributed by atoms with Crippen molar-refractivity contribution in [1.29, 1.82) is 0 Å². The minimum Gasteiger partial charge on any atom is -0.0587 e. The molecule has 0 unspecified atom stereocenters. The summed E-state index contributed by atoms with van der Waals surface area (Å²) in [5, 5.41) is 0. The summed E-state index contributed by atoms with van der Waals surface area (Å²) in [5.41, 5.74) is 7.73. The smallest absolute Gasteiger partial charge is 0.0216 e. The number of hydrogen-bond acceptors (Lipinski definition) is 0. The molecule has 1 spiro atoms. The van der Waals surface area contributed by atoms with Gasteiger partial charge in [0.05, 0.1) is 0 Å². The Labute approximate surface area is 110 Å². The standard InChI is InChI=1S/C16H13Br/c1-10-2-4-12-13-5-3-11(17)9-15(13)16(6-7-16)14(12)8-10/h2-5,8-9H,6-7H2,1H3. The van der Waals surface area contributed by atoms with Crippen molar-refractivity contribution in [2.45, 2.75) is 25.2 Å². The molecule has 0 aliphatic heterocycles. The molecule has 0 atom stereocenters. The highest BCUT2D eigenvalue weighted by Gasteiger charge is 2.52. The van der Waals surface area contributed by atoms with E-state index in [0.29, 0.717) is 5.41 Å². The highest BCUT2D eigenvalue weighted by atomic mass is 79.9. The molecule has 2 aliphatic carbocycles. The van der Waals surface area contributed by atoms with Crippen LogP contribution in [-0.2, 0) is 5.41 Å². The Morgan fingerprint density at radius 3 is 2.29 bits per heavy atom. The monoisotopic (exact) mass is 284 g/mol. The summed E-state index contributed by atoms with van der Waals surface area (Å²) < 4.78 is 1.20. The van der Waals surface area contributed by atoms with Gasteiger partial charge in [-0.05, 0) is 54.2 Å². The van der Waals surface area contributed by atoms with Gasteiger partial charge in [-0.2, -0.15) is 0 Å². The number of aryl methyl sites for hydroxylation is 1. The van der Waals surface area contributed by atoms with E-state index in [0.717, 1.165) is 0 Å². The molecule has 1 fully saturated rings. The molecule has 0 heterocycles. The number of fused-ring (bicyclic) bond motifs is 5. The van der Waals surface area contributed by atoms with Crippen LogP contribution in [0.3, 0.4) is 0 Å². The SMILES string of the molecule is Cc1ccc2c(c1)C1(CC1)c1cc(Br)ccc1-2. The predicted octanol–water partition coefficient (Wildman–Crippen LogP) is 4.82. The molecule has 0 amide bonds. The van der Waals surface area contributed by atoms with Crippen LogP contribution in [-0.4, -0.2) is 0 Å². The predicted molar refractivity (Wildman–Crippen MR) is 74.3 cm³/mol. The van der Waals surface area contributed by atoms with Gasteiger partial charge in [0.15, 0.2) is 0 Å². The van der Waals surface area contributed by atoms with Crippen molar-refractivity contribution >= 4 is 15.9 Å². The lowest BCUT2D eigenvalue weighted by Gasteiger charge is -2.11. The van der Waals surface area contributed by atoms with E-state index in [1.807, 2.05) is 0 Å². The third-order valence-corrected chi connectivity index (χ3v) is 4.72. The van der Waals surface area contributed by atoms with Crippen LogP contribution < -0.4 is 0 Å². The second-order valence-electron chi connectivity index (χ2n) is 5.32. The van der Waals surface area contributed by atoms with Crippen LogP contribution in [0.5, 0.6) is 0 Å². The highest BCUT2D eigenvalue weighted by Crippen LogP contribution is 2.62. The van der Waals surface area contributed by atoms with Gasteiger partial charge in [-0.15, -0.1) is 0 Å². The Hall–Kier alpha value is -1.08. The van der Waals surface area contributed by atoms with E-state index in [4.69, 9.17) is 0 Å². The lowest BCUT2D eigenvalue weighted by atomic mass is 9.93. The molecular weight excluding hydrogens is 272 g/mol. The molecule has 2 aromatic carbocycles. The average molecular weight is 285 g/mol. The largest absolute Gasteiger partial charge is 0.0587 e. The molecule has 1 saturated carbocycles. The topological polar surface area (TPSA) is 0 Å². The van der Waals surface area contributed by atoms with Gasteiger partial charge in [0.1, 0.15) is 0 Å². The van der Waals surface area contributed by atoms with Crippen LogP contribution in [0, 0.1) is 6.92 Å². The zero-order valence-electron chi connectivity index (χ0n) is 9.76. The molecule has 0 saturated heterocycles. The van der Waals surface area contributed by atoms with Crippen LogP contribution in [0.15, 0.2) is 40.9 Å². The molecular formula is C16H13Br. The molecule has 4 rings (SSSR count). The first-order valence-corrected chi connectivity index (χ1v) is 6.92. The van der Waals surface area contributed by atoms with Gasteiger partial charge in [0.2, 0.25) is 0 Å². The van der Waals surface area contributed by atoms with Crippen molar-refractivity contribution < 1.29 is 0 Å². The van der Waals surface area contributed by atoms with Crippen LogP contribution in [0.4, 0.5) is 0 Å². The van der Waals surface area contributed by atoms with Gasteiger partial charge in [0.25, 0.3) is 0 Å². The maximum atomic E-state index is 3.60. The fourth-order valence-corrected chi connectivity index (χ4v) is 3.61. The fraction of sp³-hybridized carbons (Fsp3) is 0.250. The normalized spacial score (nSPS) is 18.0. The van der Waals surface area contributed by atoms with E-state index in [1.165, 1.54) is 39.6 Å². The molecule has 0 bridgehead atoms. The van der Waals surface area contributed by atoms with Gasteiger partial charge in [-0.3, -0.25) is 0 Å². The number of rotatable bonds is 0. The lowest BCUT2D eigenvalue weighted by molar-refractivity contribution is 0.877. The summed E-state index contributed by atoms with van der Waals surface area (Å²) in [5.74, 6) is 0. The maximum Gasteiger partial charge on any atom is 0.0216 e. The van der Waals surface area contributed by atoms with Crippen molar-refractivity contribution in [3.63, 3.8) is 0 Å². The van der Waals surface area contributed by atoms with Crippen molar-refractivity contribution in [2.75, 3.05) is 0 Å². The first kappa shape index (κ1) is 9.90. The van der Waals surface area contributed by atoms with E-state index in [1.54, 1.807) is 5.56 Å². The molecule has 84 valence electrons. The summed E-state index contributed by atoms with van der Waals surface area (Å²) in [6, 6.07) is 13.6. The van der Waals surface area contributed by atoms with Crippen LogP contribution >= 0.6 is 15.9 Å².